The molecule has 0 fully saturated rings. The maximum atomic E-state index is 12.0. The lowest BCUT2D eigenvalue weighted by atomic mass is 10.4. The highest BCUT2D eigenvalue weighted by Crippen LogP contribution is 2.24. The highest BCUT2D eigenvalue weighted by molar-refractivity contribution is 7.89. The Kier molecular flexibility index (Phi) is 4.26. The third kappa shape index (κ3) is 3.03. The smallest absolute Gasteiger partial charge is 0.347 e. The van der Waals surface area contributed by atoms with E-state index in [9.17, 15) is 13.2 Å². The molecule has 0 saturated heterocycles. The van der Waals surface area contributed by atoms with Gasteiger partial charge in [0.2, 0.25) is 10.0 Å². The number of sulfonamides is 1. The largest absolute Gasteiger partial charge is 0.477 e. The fraction of sp³-hybridized carbons (Fsp3) is 0.444. The van der Waals surface area contributed by atoms with Crippen LogP contribution in [-0.2, 0) is 10.0 Å². The molecule has 0 amide bonds. The van der Waals surface area contributed by atoms with Crippen molar-refractivity contribution in [3.8, 4) is 0 Å². The molecule has 8 heteroatoms. The number of thiophene rings is 1. The Balaban J connectivity index is 3.13. The molecule has 1 atom stereocenters. The first-order valence-corrected chi connectivity index (χ1v) is 7.04. The summed E-state index contributed by atoms with van der Waals surface area (Å²) >= 11 is 0.853. The summed E-state index contributed by atoms with van der Waals surface area (Å²) < 4.78 is 25.0. The van der Waals surface area contributed by atoms with Gasteiger partial charge in [0, 0.05) is 13.6 Å². The number of carboxylic acids is 1. The molecule has 0 bridgehead atoms. The molecule has 1 rings (SSSR count). The summed E-state index contributed by atoms with van der Waals surface area (Å²) in [5.74, 6) is -1.27. The van der Waals surface area contributed by atoms with E-state index < -0.39 is 22.1 Å². The molecule has 1 heterocycles. The van der Waals surface area contributed by atoms with E-state index in [1.807, 2.05) is 0 Å². The maximum absolute atomic E-state index is 12.0. The Morgan fingerprint density at radius 1 is 1.59 bits per heavy atom. The Morgan fingerprint density at radius 3 is 2.65 bits per heavy atom. The SMILES string of the molecule is CC(O)CN(C)S(=O)(=O)c1ccsc1C(=O)O. The van der Waals surface area contributed by atoms with Gasteiger partial charge in [-0.15, -0.1) is 11.3 Å². The minimum atomic E-state index is -3.86. The van der Waals surface area contributed by atoms with Crippen LogP contribution in [0.5, 0.6) is 0 Å². The number of aliphatic hydroxyl groups is 1. The highest BCUT2D eigenvalue weighted by atomic mass is 32.2. The number of aromatic carboxylic acids is 1. The normalized spacial score (nSPS) is 13.9. The number of rotatable bonds is 5. The van der Waals surface area contributed by atoms with Crippen LogP contribution in [0, 0.1) is 0 Å². The number of hydrogen-bond donors (Lipinski definition) is 2. The van der Waals surface area contributed by atoms with Gasteiger partial charge in [0.1, 0.15) is 9.77 Å². The first kappa shape index (κ1) is 14.1. The predicted octanol–water partition coefficient (Wildman–Crippen LogP) is 0.448. The number of carboxylic acid groups (broad SMARTS) is 1. The molecule has 1 aromatic rings. The fourth-order valence-corrected chi connectivity index (χ4v) is 3.78. The monoisotopic (exact) mass is 279 g/mol. The van der Waals surface area contributed by atoms with Gasteiger partial charge in [-0.1, -0.05) is 0 Å². The first-order chi connectivity index (χ1) is 7.76. The Hall–Kier alpha value is -0.960. The van der Waals surface area contributed by atoms with E-state index in [1.165, 1.54) is 25.4 Å². The van der Waals surface area contributed by atoms with Crippen LogP contribution in [0.1, 0.15) is 16.6 Å². The molecular weight excluding hydrogens is 266 g/mol. The second kappa shape index (κ2) is 5.13. The van der Waals surface area contributed by atoms with Crippen LogP contribution in [0.25, 0.3) is 0 Å². The topological polar surface area (TPSA) is 94.9 Å². The zero-order valence-electron chi connectivity index (χ0n) is 9.32. The number of likely N-dealkylation sites (N-methyl/N-ethyl adjacent to an activating group) is 1. The number of hydrogen-bond acceptors (Lipinski definition) is 5. The number of carbonyl (C=O) groups is 1. The van der Waals surface area contributed by atoms with Crippen LogP contribution in [0.15, 0.2) is 16.3 Å². The molecule has 96 valence electrons. The lowest BCUT2D eigenvalue weighted by molar-refractivity contribution is 0.0698. The second-order valence-electron chi connectivity index (χ2n) is 3.55. The van der Waals surface area contributed by atoms with Gasteiger partial charge in [-0.05, 0) is 18.4 Å². The van der Waals surface area contributed by atoms with E-state index in [2.05, 4.69) is 0 Å². The van der Waals surface area contributed by atoms with Gasteiger partial charge in [-0.2, -0.15) is 4.31 Å². The van der Waals surface area contributed by atoms with Crippen LogP contribution < -0.4 is 0 Å². The van der Waals surface area contributed by atoms with Crippen molar-refractivity contribution in [2.45, 2.75) is 17.9 Å². The molecule has 0 saturated carbocycles. The summed E-state index contributed by atoms with van der Waals surface area (Å²) in [5.41, 5.74) is 0. The van der Waals surface area contributed by atoms with E-state index in [0.717, 1.165) is 15.6 Å². The quantitative estimate of drug-likeness (QED) is 0.816. The fourth-order valence-electron chi connectivity index (χ4n) is 1.29. The second-order valence-corrected chi connectivity index (χ2v) is 6.48. The average Bonchev–Trinajstić information content (AvgIpc) is 2.64. The van der Waals surface area contributed by atoms with Gasteiger partial charge in [-0.3, -0.25) is 0 Å². The zero-order valence-corrected chi connectivity index (χ0v) is 11.0. The molecule has 0 spiro atoms. The summed E-state index contributed by atoms with van der Waals surface area (Å²) in [4.78, 5) is 10.4. The van der Waals surface area contributed by atoms with Crippen molar-refractivity contribution in [3.05, 3.63) is 16.3 Å². The molecule has 17 heavy (non-hydrogen) atoms. The predicted molar refractivity (Wildman–Crippen MR) is 62.8 cm³/mol. The highest BCUT2D eigenvalue weighted by Gasteiger charge is 2.28. The molecule has 6 nitrogen and oxygen atoms in total. The number of aliphatic hydroxyl groups excluding tert-OH is 1. The molecule has 1 unspecified atom stereocenters. The molecule has 0 aliphatic heterocycles. The molecular formula is C9H13NO5S2. The van der Waals surface area contributed by atoms with Gasteiger partial charge >= 0.3 is 5.97 Å². The molecule has 0 aliphatic carbocycles. The van der Waals surface area contributed by atoms with Crippen molar-refractivity contribution in [2.75, 3.05) is 13.6 Å². The van der Waals surface area contributed by atoms with E-state index >= 15 is 0 Å². The Bertz CT molecular complexity index is 505. The van der Waals surface area contributed by atoms with Crippen molar-refractivity contribution >= 4 is 27.3 Å². The summed E-state index contributed by atoms with van der Waals surface area (Å²) in [5, 5.41) is 19.4. The zero-order chi connectivity index (χ0) is 13.2. The van der Waals surface area contributed by atoms with Crippen LogP contribution in [0.3, 0.4) is 0 Å². The van der Waals surface area contributed by atoms with E-state index in [0.29, 0.717) is 0 Å². The van der Waals surface area contributed by atoms with E-state index in [-0.39, 0.29) is 16.3 Å². The number of nitrogens with zero attached hydrogens (tertiary/aromatic N) is 1. The van der Waals surface area contributed by atoms with Gasteiger partial charge in [0.25, 0.3) is 0 Å². The average molecular weight is 279 g/mol. The third-order valence-electron chi connectivity index (χ3n) is 2.03. The van der Waals surface area contributed by atoms with Gasteiger partial charge < -0.3 is 10.2 Å². The lowest BCUT2D eigenvalue weighted by Gasteiger charge is -2.18. The molecule has 0 aliphatic rings. The standard InChI is InChI=1S/C9H13NO5S2/c1-6(11)5-10(2)17(14,15)7-3-4-16-8(7)9(12)13/h3-4,6,11H,5H2,1-2H3,(H,12,13). The maximum Gasteiger partial charge on any atom is 0.347 e. The third-order valence-corrected chi connectivity index (χ3v) is 4.93. The van der Waals surface area contributed by atoms with Crippen molar-refractivity contribution < 1.29 is 23.4 Å². The molecule has 2 N–H and O–H groups in total. The van der Waals surface area contributed by atoms with Gasteiger partial charge in [0.05, 0.1) is 6.10 Å². The van der Waals surface area contributed by atoms with Crippen LogP contribution in [0.2, 0.25) is 0 Å². The van der Waals surface area contributed by atoms with E-state index in [1.54, 1.807) is 0 Å². The van der Waals surface area contributed by atoms with Gasteiger partial charge in [-0.25, -0.2) is 13.2 Å². The molecule has 0 radical (unpaired) electrons. The lowest BCUT2D eigenvalue weighted by Crippen LogP contribution is -2.33. The van der Waals surface area contributed by atoms with Crippen LogP contribution in [-0.4, -0.2) is 48.6 Å². The van der Waals surface area contributed by atoms with Crippen molar-refractivity contribution in [3.63, 3.8) is 0 Å². The summed E-state index contributed by atoms with van der Waals surface area (Å²) in [6, 6.07) is 1.25. The minimum Gasteiger partial charge on any atom is -0.477 e. The van der Waals surface area contributed by atoms with Crippen LogP contribution >= 0.6 is 11.3 Å². The Labute approximate surface area is 103 Å². The molecule has 1 aromatic heterocycles. The minimum absolute atomic E-state index is 0.0861. The summed E-state index contributed by atoms with van der Waals surface area (Å²) in [6.45, 7) is 1.37. The van der Waals surface area contributed by atoms with Gasteiger partial charge in [0.15, 0.2) is 0 Å². The molecule has 0 aromatic carbocycles. The summed E-state index contributed by atoms with van der Waals surface area (Å²) in [7, 11) is -2.57. The van der Waals surface area contributed by atoms with Crippen molar-refractivity contribution in [2.24, 2.45) is 0 Å². The Morgan fingerprint density at radius 2 is 2.18 bits per heavy atom. The summed E-state index contributed by atoms with van der Waals surface area (Å²) in [6.07, 6.45) is -0.818. The first-order valence-electron chi connectivity index (χ1n) is 4.72. The van der Waals surface area contributed by atoms with Crippen molar-refractivity contribution in [1.82, 2.24) is 4.31 Å². The van der Waals surface area contributed by atoms with Crippen molar-refractivity contribution in [1.29, 1.82) is 0 Å². The van der Waals surface area contributed by atoms with Crippen LogP contribution in [0.4, 0.5) is 0 Å². The van der Waals surface area contributed by atoms with E-state index in [4.69, 9.17) is 10.2 Å².